The first-order valence-corrected chi connectivity index (χ1v) is 8.49. The van der Waals surface area contributed by atoms with Crippen LogP contribution in [0.1, 0.15) is 19.4 Å². The molecular formula is C20H24N2O4. The minimum absolute atomic E-state index is 0.133. The van der Waals surface area contributed by atoms with Crippen LogP contribution >= 0.6 is 0 Å². The molecule has 1 amide bonds. The van der Waals surface area contributed by atoms with Gasteiger partial charge in [0.1, 0.15) is 17.5 Å². The maximum Gasteiger partial charge on any atom is 0.320 e. The second-order valence-corrected chi connectivity index (χ2v) is 6.03. The number of amides is 1. The molecular weight excluding hydrogens is 332 g/mol. The smallest absolute Gasteiger partial charge is 0.320 e. The number of hydrogen-bond donors (Lipinski definition) is 2. The highest BCUT2D eigenvalue weighted by atomic mass is 16.5. The van der Waals surface area contributed by atoms with Crippen LogP contribution in [-0.4, -0.2) is 41.0 Å². The zero-order valence-electron chi connectivity index (χ0n) is 15.0. The molecule has 138 valence electrons. The predicted molar refractivity (Wildman–Crippen MR) is 99.1 cm³/mol. The van der Waals surface area contributed by atoms with Gasteiger partial charge in [-0.3, -0.25) is 14.5 Å². The molecule has 0 heterocycles. The lowest BCUT2D eigenvalue weighted by molar-refractivity contribution is -0.142. The lowest BCUT2D eigenvalue weighted by atomic mass is 10.1. The number of para-hydroxylation sites is 1. The number of nitrogens with zero attached hydrogens (tertiary/aromatic N) is 1. The topological polar surface area (TPSA) is 78.9 Å². The highest BCUT2D eigenvalue weighted by Crippen LogP contribution is 2.22. The standard InChI is InChI=1S/C20H24N2O4/c1-15(20(24)25)22(12-11-21-16(2)23)14-17-7-6-10-19(13-17)26-18-8-4-3-5-9-18/h3-10,13,15H,11-12,14H2,1-2H3,(H,21,23)(H,24,25). The van der Waals surface area contributed by atoms with Crippen molar-refractivity contribution in [2.75, 3.05) is 13.1 Å². The number of aliphatic carboxylic acids is 1. The normalized spacial score (nSPS) is 11.8. The maximum atomic E-state index is 11.4. The molecule has 0 saturated carbocycles. The second kappa shape index (κ2) is 9.58. The molecule has 2 rings (SSSR count). The molecule has 2 N–H and O–H groups in total. The van der Waals surface area contributed by atoms with Gasteiger partial charge in [-0.2, -0.15) is 0 Å². The fourth-order valence-electron chi connectivity index (χ4n) is 2.51. The van der Waals surface area contributed by atoms with E-state index in [0.717, 1.165) is 11.3 Å². The minimum Gasteiger partial charge on any atom is -0.480 e. The van der Waals surface area contributed by atoms with Gasteiger partial charge in [-0.15, -0.1) is 0 Å². The summed E-state index contributed by atoms with van der Waals surface area (Å²) in [6, 6.07) is 16.4. The first kappa shape index (κ1) is 19.5. The van der Waals surface area contributed by atoms with E-state index in [1.165, 1.54) is 6.92 Å². The Hall–Kier alpha value is -2.86. The molecule has 1 unspecified atom stereocenters. The molecule has 0 spiro atoms. The summed E-state index contributed by atoms with van der Waals surface area (Å²) >= 11 is 0. The lowest BCUT2D eigenvalue weighted by Gasteiger charge is -2.26. The van der Waals surface area contributed by atoms with Crippen molar-refractivity contribution in [3.05, 3.63) is 60.2 Å². The van der Waals surface area contributed by atoms with Gasteiger partial charge >= 0.3 is 5.97 Å². The van der Waals surface area contributed by atoms with E-state index in [1.807, 2.05) is 54.6 Å². The van der Waals surface area contributed by atoms with Crippen LogP contribution in [0, 0.1) is 0 Å². The van der Waals surface area contributed by atoms with Crippen LogP contribution in [0.4, 0.5) is 0 Å². The van der Waals surface area contributed by atoms with Gasteiger partial charge in [-0.1, -0.05) is 30.3 Å². The third kappa shape index (κ3) is 6.22. The minimum atomic E-state index is -0.899. The van der Waals surface area contributed by atoms with Crippen LogP contribution in [0.25, 0.3) is 0 Å². The largest absolute Gasteiger partial charge is 0.480 e. The summed E-state index contributed by atoms with van der Waals surface area (Å²) in [5.41, 5.74) is 0.939. The summed E-state index contributed by atoms with van der Waals surface area (Å²) in [5.74, 6) is 0.403. The third-order valence-corrected chi connectivity index (χ3v) is 3.94. The number of hydrogen-bond acceptors (Lipinski definition) is 4. The van der Waals surface area contributed by atoms with Gasteiger partial charge in [-0.05, 0) is 36.8 Å². The zero-order chi connectivity index (χ0) is 18.9. The summed E-state index contributed by atoms with van der Waals surface area (Å²) in [5, 5.41) is 12.0. The van der Waals surface area contributed by atoms with Gasteiger partial charge in [-0.25, -0.2) is 0 Å². The summed E-state index contributed by atoms with van der Waals surface area (Å²) in [6.07, 6.45) is 0. The summed E-state index contributed by atoms with van der Waals surface area (Å²) in [7, 11) is 0. The fraction of sp³-hybridized carbons (Fsp3) is 0.300. The van der Waals surface area contributed by atoms with Crippen molar-refractivity contribution < 1.29 is 19.4 Å². The Balaban J connectivity index is 2.07. The number of carbonyl (C=O) groups excluding carboxylic acids is 1. The van der Waals surface area contributed by atoms with Gasteiger partial charge in [0.15, 0.2) is 0 Å². The zero-order valence-corrected chi connectivity index (χ0v) is 15.0. The van der Waals surface area contributed by atoms with Gasteiger partial charge in [0.05, 0.1) is 0 Å². The molecule has 0 fully saturated rings. The van der Waals surface area contributed by atoms with Crippen LogP contribution in [0.15, 0.2) is 54.6 Å². The summed E-state index contributed by atoms with van der Waals surface area (Å²) in [6.45, 7) is 4.36. The van der Waals surface area contributed by atoms with E-state index in [2.05, 4.69) is 5.32 Å². The van der Waals surface area contributed by atoms with Crippen molar-refractivity contribution in [2.45, 2.75) is 26.4 Å². The summed E-state index contributed by atoms with van der Waals surface area (Å²) < 4.78 is 5.83. The first-order valence-electron chi connectivity index (χ1n) is 8.49. The maximum absolute atomic E-state index is 11.4. The van der Waals surface area contributed by atoms with Crippen LogP contribution in [0.5, 0.6) is 11.5 Å². The molecule has 0 bridgehead atoms. The van der Waals surface area contributed by atoms with Crippen molar-refractivity contribution in [3.8, 4) is 11.5 Å². The molecule has 26 heavy (non-hydrogen) atoms. The monoisotopic (exact) mass is 356 g/mol. The van der Waals surface area contributed by atoms with E-state index in [9.17, 15) is 14.7 Å². The quantitative estimate of drug-likeness (QED) is 0.722. The molecule has 2 aromatic rings. The Morgan fingerprint density at radius 2 is 1.81 bits per heavy atom. The SMILES string of the molecule is CC(=O)NCCN(Cc1cccc(Oc2ccccc2)c1)C(C)C(=O)O. The van der Waals surface area contributed by atoms with Crippen molar-refractivity contribution in [3.63, 3.8) is 0 Å². The predicted octanol–water partition coefficient (Wildman–Crippen LogP) is 2.89. The van der Waals surface area contributed by atoms with E-state index in [0.29, 0.717) is 25.4 Å². The Morgan fingerprint density at radius 3 is 2.46 bits per heavy atom. The molecule has 0 radical (unpaired) electrons. The highest BCUT2D eigenvalue weighted by molar-refractivity contribution is 5.73. The molecule has 0 saturated heterocycles. The van der Waals surface area contributed by atoms with E-state index in [1.54, 1.807) is 11.8 Å². The number of carboxylic acids is 1. The van der Waals surface area contributed by atoms with Crippen molar-refractivity contribution >= 4 is 11.9 Å². The average Bonchev–Trinajstić information content (AvgIpc) is 2.61. The lowest BCUT2D eigenvalue weighted by Crippen LogP contribution is -2.42. The molecule has 0 aliphatic rings. The van der Waals surface area contributed by atoms with Gasteiger partial charge in [0.25, 0.3) is 0 Å². The molecule has 2 aromatic carbocycles. The van der Waals surface area contributed by atoms with Crippen LogP contribution in [0.3, 0.4) is 0 Å². The number of benzene rings is 2. The van der Waals surface area contributed by atoms with Gasteiger partial charge < -0.3 is 15.2 Å². The molecule has 0 aliphatic carbocycles. The van der Waals surface area contributed by atoms with Crippen molar-refractivity contribution in [1.82, 2.24) is 10.2 Å². The Labute approximate surface area is 153 Å². The molecule has 0 aliphatic heterocycles. The molecule has 0 aromatic heterocycles. The number of carbonyl (C=O) groups is 2. The van der Waals surface area contributed by atoms with Crippen molar-refractivity contribution in [2.24, 2.45) is 0 Å². The van der Waals surface area contributed by atoms with E-state index >= 15 is 0 Å². The van der Waals surface area contributed by atoms with E-state index in [-0.39, 0.29) is 5.91 Å². The van der Waals surface area contributed by atoms with E-state index < -0.39 is 12.0 Å². The van der Waals surface area contributed by atoms with Crippen LogP contribution in [-0.2, 0) is 16.1 Å². The van der Waals surface area contributed by atoms with Crippen molar-refractivity contribution in [1.29, 1.82) is 0 Å². The highest BCUT2D eigenvalue weighted by Gasteiger charge is 2.20. The molecule has 6 heteroatoms. The van der Waals surface area contributed by atoms with Crippen LogP contribution in [0.2, 0.25) is 0 Å². The Morgan fingerprint density at radius 1 is 1.12 bits per heavy atom. The number of ether oxygens (including phenoxy) is 1. The number of carboxylic acid groups (broad SMARTS) is 1. The first-order chi connectivity index (χ1) is 12.5. The van der Waals surface area contributed by atoms with Gasteiger partial charge in [0.2, 0.25) is 5.91 Å². The van der Waals surface area contributed by atoms with Gasteiger partial charge in [0, 0.05) is 26.6 Å². The third-order valence-electron chi connectivity index (χ3n) is 3.94. The van der Waals surface area contributed by atoms with Crippen LogP contribution < -0.4 is 10.1 Å². The number of nitrogens with one attached hydrogen (secondary N) is 1. The van der Waals surface area contributed by atoms with E-state index in [4.69, 9.17) is 4.74 Å². The Bertz CT molecular complexity index is 734. The average molecular weight is 356 g/mol. The number of rotatable bonds is 9. The fourth-order valence-corrected chi connectivity index (χ4v) is 2.51. The molecule has 1 atom stereocenters. The second-order valence-electron chi connectivity index (χ2n) is 6.03. The molecule has 6 nitrogen and oxygen atoms in total. The Kier molecular flexibility index (Phi) is 7.17. The summed E-state index contributed by atoms with van der Waals surface area (Å²) in [4.78, 5) is 24.2.